The van der Waals surface area contributed by atoms with Crippen molar-refractivity contribution < 1.29 is 18.7 Å². The Kier molecular flexibility index (Phi) is 6.35. The third-order valence-corrected chi connectivity index (χ3v) is 3.95. The van der Waals surface area contributed by atoms with Crippen molar-refractivity contribution in [1.82, 2.24) is 10.3 Å². The fraction of sp³-hybridized carbons (Fsp3) is 0.190. The van der Waals surface area contributed by atoms with Crippen LogP contribution in [0.15, 0.2) is 77.7 Å². The normalized spacial score (nSPS) is 11.6. The number of ether oxygens (including phenoxy) is 1. The van der Waals surface area contributed by atoms with Gasteiger partial charge in [-0.25, -0.2) is 0 Å². The molecule has 1 unspecified atom stereocenters. The average molecular weight is 364 g/mol. The van der Waals surface area contributed by atoms with E-state index in [0.29, 0.717) is 13.0 Å². The van der Waals surface area contributed by atoms with Crippen molar-refractivity contribution in [3.8, 4) is 0 Å². The summed E-state index contributed by atoms with van der Waals surface area (Å²) in [5, 5.41) is 2.71. The molecule has 0 saturated carbocycles. The molecule has 1 aromatic carbocycles. The lowest BCUT2D eigenvalue weighted by Crippen LogP contribution is -2.24. The summed E-state index contributed by atoms with van der Waals surface area (Å²) in [6.45, 7) is 0.361. The summed E-state index contributed by atoms with van der Waals surface area (Å²) < 4.78 is 10.7. The summed E-state index contributed by atoms with van der Waals surface area (Å²) in [5.41, 5.74) is 1.75. The van der Waals surface area contributed by atoms with Crippen molar-refractivity contribution in [3.63, 3.8) is 0 Å². The Morgan fingerprint density at radius 1 is 1.00 bits per heavy atom. The highest BCUT2D eigenvalue weighted by Crippen LogP contribution is 2.26. The quantitative estimate of drug-likeness (QED) is 0.489. The number of pyridine rings is 1. The molecule has 3 aromatic rings. The van der Waals surface area contributed by atoms with Crippen LogP contribution >= 0.6 is 0 Å². The van der Waals surface area contributed by atoms with Crippen LogP contribution in [0.1, 0.15) is 40.6 Å². The summed E-state index contributed by atoms with van der Waals surface area (Å²) in [5.74, 6) is -0.375. The molecule has 0 fully saturated rings. The van der Waals surface area contributed by atoms with Crippen LogP contribution in [-0.2, 0) is 9.53 Å². The molecule has 138 valence electrons. The molecule has 0 saturated heterocycles. The number of benzene rings is 1. The summed E-state index contributed by atoms with van der Waals surface area (Å²) >= 11 is 0. The molecule has 0 radical (unpaired) electrons. The van der Waals surface area contributed by atoms with Gasteiger partial charge in [-0.1, -0.05) is 30.3 Å². The Bertz CT molecular complexity index is 809. The van der Waals surface area contributed by atoms with Gasteiger partial charge in [0.2, 0.25) is 0 Å². The Hall–Kier alpha value is -3.41. The lowest BCUT2D eigenvalue weighted by molar-refractivity contribution is -0.147. The zero-order valence-corrected chi connectivity index (χ0v) is 14.7. The maximum absolute atomic E-state index is 12.3. The van der Waals surface area contributed by atoms with Gasteiger partial charge in [0, 0.05) is 30.9 Å². The lowest BCUT2D eigenvalue weighted by Gasteiger charge is -2.18. The van der Waals surface area contributed by atoms with Crippen LogP contribution in [0.25, 0.3) is 0 Å². The molecular formula is C21H20N2O4. The van der Waals surface area contributed by atoms with Gasteiger partial charge in [-0.2, -0.15) is 0 Å². The number of esters is 1. The van der Waals surface area contributed by atoms with Crippen LogP contribution in [0.4, 0.5) is 0 Å². The number of carbonyl (C=O) groups excluding carboxylic acids is 2. The minimum Gasteiger partial charge on any atom is -0.459 e. The van der Waals surface area contributed by atoms with Gasteiger partial charge >= 0.3 is 5.97 Å². The highest BCUT2D eigenvalue weighted by atomic mass is 16.5. The van der Waals surface area contributed by atoms with E-state index < -0.39 is 6.10 Å². The van der Waals surface area contributed by atoms with Crippen LogP contribution in [0.2, 0.25) is 0 Å². The van der Waals surface area contributed by atoms with Crippen LogP contribution in [-0.4, -0.2) is 23.4 Å². The van der Waals surface area contributed by atoms with E-state index in [4.69, 9.17) is 9.15 Å². The first-order chi connectivity index (χ1) is 13.2. The molecule has 2 heterocycles. The number of nitrogens with one attached hydrogen (secondary N) is 1. The molecule has 0 aliphatic carbocycles. The Labute approximate surface area is 157 Å². The van der Waals surface area contributed by atoms with E-state index in [2.05, 4.69) is 10.3 Å². The smallest absolute Gasteiger partial charge is 0.306 e. The second-order valence-corrected chi connectivity index (χ2v) is 5.90. The largest absolute Gasteiger partial charge is 0.459 e. The van der Waals surface area contributed by atoms with E-state index in [1.54, 1.807) is 24.5 Å². The molecule has 0 aliphatic rings. The minimum absolute atomic E-state index is 0.201. The maximum Gasteiger partial charge on any atom is 0.306 e. The molecule has 1 amide bonds. The average Bonchev–Trinajstić information content (AvgIpc) is 3.25. The van der Waals surface area contributed by atoms with Crippen LogP contribution in [0, 0.1) is 0 Å². The molecule has 1 N–H and O–H groups in total. The highest BCUT2D eigenvalue weighted by molar-refractivity contribution is 5.91. The number of hydrogen-bond donors (Lipinski definition) is 1. The zero-order chi connectivity index (χ0) is 18.9. The van der Waals surface area contributed by atoms with Crippen molar-refractivity contribution in [2.24, 2.45) is 0 Å². The molecule has 1 atom stereocenters. The van der Waals surface area contributed by atoms with Gasteiger partial charge in [0.1, 0.15) is 0 Å². The fourth-order valence-electron chi connectivity index (χ4n) is 2.61. The molecule has 0 spiro atoms. The highest BCUT2D eigenvalue weighted by Gasteiger charge is 2.18. The minimum atomic E-state index is -0.487. The Balaban J connectivity index is 1.53. The van der Waals surface area contributed by atoms with Gasteiger partial charge < -0.3 is 14.5 Å². The molecule has 0 bridgehead atoms. The Morgan fingerprint density at radius 2 is 1.74 bits per heavy atom. The molecule has 6 heteroatoms. The SMILES string of the molecule is O=C(CCCNC(=O)c1ccco1)OC(c1ccccc1)c1ccncc1. The fourth-order valence-corrected chi connectivity index (χ4v) is 2.61. The summed E-state index contributed by atoms with van der Waals surface area (Å²) in [7, 11) is 0. The van der Waals surface area contributed by atoms with E-state index in [0.717, 1.165) is 11.1 Å². The third kappa shape index (κ3) is 5.28. The Morgan fingerprint density at radius 3 is 2.44 bits per heavy atom. The summed E-state index contributed by atoms with van der Waals surface area (Å²) in [6, 6.07) is 16.4. The predicted molar refractivity (Wildman–Crippen MR) is 98.9 cm³/mol. The van der Waals surface area contributed by atoms with Gasteiger partial charge in [-0.15, -0.1) is 0 Å². The number of nitrogens with zero attached hydrogens (tertiary/aromatic N) is 1. The van der Waals surface area contributed by atoms with Crippen molar-refractivity contribution >= 4 is 11.9 Å². The van der Waals surface area contributed by atoms with Crippen molar-refractivity contribution in [1.29, 1.82) is 0 Å². The van der Waals surface area contributed by atoms with E-state index >= 15 is 0 Å². The van der Waals surface area contributed by atoms with Crippen molar-refractivity contribution in [2.45, 2.75) is 18.9 Å². The van der Waals surface area contributed by atoms with Crippen molar-refractivity contribution in [3.05, 3.63) is 90.1 Å². The van der Waals surface area contributed by atoms with E-state index in [-0.39, 0.29) is 24.1 Å². The second-order valence-electron chi connectivity index (χ2n) is 5.90. The van der Waals surface area contributed by atoms with Crippen LogP contribution in [0.5, 0.6) is 0 Å². The van der Waals surface area contributed by atoms with Gasteiger partial charge in [0.15, 0.2) is 11.9 Å². The summed E-state index contributed by atoms with van der Waals surface area (Å²) in [4.78, 5) is 28.1. The molecule has 6 nitrogen and oxygen atoms in total. The number of furan rings is 1. The maximum atomic E-state index is 12.3. The number of rotatable bonds is 8. The van der Waals surface area contributed by atoms with E-state index in [1.807, 2.05) is 42.5 Å². The van der Waals surface area contributed by atoms with E-state index in [1.165, 1.54) is 6.26 Å². The predicted octanol–water partition coefficient (Wildman–Crippen LogP) is 3.52. The molecule has 27 heavy (non-hydrogen) atoms. The lowest BCUT2D eigenvalue weighted by atomic mass is 10.0. The van der Waals surface area contributed by atoms with Gasteiger partial charge in [-0.3, -0.25) is 14.6 Å². The monoisotopic (exact) mass is 364 g/mol. The molecular weight excluding hydrogens is 344 g/mol. The van der Waals surface area contributed by atoms with Crippen LogP contribution in [0.3, 0.4) is 0 Å². The first-order valence-corrected chi connectivity index (χ1v) is 8.70. The first kappa shape index (κ1) is 18.4. The molecule has 3 rings (SSSR count). The number of aromatic nitrogens is 1. The van der Waals surface area contributed by atoms with Gasteiger partial charge in [0.05, 0.1) is 6.26 Å². The zero-order valence-electron chi connectivity index (χ0n) is 14.7. The number of hydrogen-bond acceptors (Lipinski definition) is 5. The number of amides is 1. The number of carbonyl (C=O) groups is 2. The molecule has 0 aliphatic heterocycles. The standard InChI is InChI=1S/C21H20N2O4/c24-19(9-4-12-23-21(25)18-8-5-15-26-18)27-20(16-6-2-1-3-7-16)17-10-13-22-14-11-17/h1-3,5-8,10-11,13-15,20H,4,9,12H2,(H,23,25). The topological polar surface area (TPSA) is 81.4 Å². The van der Waals surface area contributed by atoms with Gasteiger partial charge in [-0.05, 0) is 36.2 Å². The van der Waals surface area contributed by atoms with Gasteiger partial charge in [0.25, 0.3) is 5.91 Å². The second kappa shape index (κ2) is 9.33. The molecule has 2 aromatic heterocycles. The summed E-state index contributed by atoms with van der Waals surface area (Å²) in [6.07, 6.45) is 4.97. The first-order valence-electron chi connectivity index (χ1n) is 8.70. The van der Waals surface area contributed by atoms with Crippen LogP contribution < -0.4 is 5.32 Å². The van der Waals surface area contributed by atoms with E-state index in [9.17, 15) is 9.59 Å². The van der Waals surface area contributed by atoms with Crippen molar-refractivity contribution in [2.75, 3.05) is 6.54 Å². The third-order valence-electron chi connectivity index (χ3n) is 3.95.